The van der Waals surface area contributed by atoms with Crippen molar-refractivity contribution in [1.82, 2.24) is 25.0 Å². The van der Waals surface area contributed by atoms with Crippen molar-refractivity contribution in [2.45, 2.75) is 6.54 Å². The third-order valence-corrected chi connectivity index (χ3v) is 3.85. The smallest absolute Gasteiger partial charge is 0.251 e. The summed E-state index contributed by atoms with van der Waals surface area (Å²) in [5.41, 5.74) is 2.19. The molecule has 0 aliphatic carbocycles. The minimum atomic E-state index is -0.304. The van der Waals surface area contributed by atoms with Crippen LogP contribution in [-0.4, -0.2) is 45.1 Å². The number of rotatable bonds is 6. The van der Waals surface area contributed by atoms with Gasteiger partial charge < -0.3 is 10.2 Å². The van der Waals surface area contributed by atoms with Crippen molar-refractivity contribution in [3.8, 4) is 5.69 Å². The largest absolute Gasteiger partial charge is 0.343 e. The van der Waals surface area contributed by atoms with Crippen molar-refractivity contribution in [3.63, 3.8) is 0 Å². The standard InChI is InChI=1S/C19H19N5O2/c1-23(14-15-5-3-8-20-12-15)18(25)13-21-19(26)16-6-2-7-17(11-16)24-10-4-9-22-24/h2-12H,13-14H2,1H3,(H,21,26). The first-order valence-corrected chi connectivity index (χ1v) is 8.14. The van der Waals surface area contributed by atoms with E-state index in [9.17, 15) is 9.59 Å². The molecule has 0 fully saturated rings. The molecule has 2 aromatic heterocycles. The van der Waals surface area contributed by atoms with Crippen LogP contribution in [-0.2, 0) is 11.3 Å². The second-order valence-electron chi connectivity index (χ2n) is 5.79. The molecule has 26 heavy (non-hydrogen) atoms. The molecule has 0 spiro atoms. The third kappa shape index (κ3) is 4.32. The average molecular weight is 349 g/mol. The molecular weight excluding hydrogens is 330 g/mol. The van der Waals surface area contributed by atoms with Gasteiger partial charge in [0.25, 0.3) is 5.91 Å². The van der Waals surface area contributed by atoms with Crippen molar-refractivity contribution in [3.05, 3.63) is 78.4 Å². The first-order chi connectivity index (χ1) is 12.6. The Morgan fingerprint density at radius 2 is 2.04 bits per heavy atom. The second-order valence-corrected chi connectivity index (χ2v) is 5.79. The van der Waals surface area contributed by atoms with E-state index in [0.29, 0.717) is 12.1 Å². The summed E-state index contributed by atoms with van der Waals surface area (Å²) in [4.78, 5) is 30.1. The zero-order chi connectivity index (χ0) is 18.4. The third-order valence-electron chi connectivity index (χ3n) is 3.85. The van der Waals surface area contributed by atoms with Gasteiger partial charge in [-0.2, -0.15) is 5.10 Å². The van der Waals surface area contributed by atoms with Crippen molar-refractivity contribution in [1.29, 1.82) is 0 Å². The second kappa shape index (κ2) is 8.06. The number of pyridine rings is 1. The molecular formula is C19H19N5O2. The zero-order valence-electron chi connectivity index (χ0n) is 14.4. The maximum atomic E-state index is 12.3. The number of carbonyl (C=O) groups excluding carboxylic acids is 2. The number of nitrogens with one attached hydrogen (secondary N) is 1. The predicted molar refractivity (Wildman–Crippen MR) is 96.6 cm³/mol. The molecule has 0 saturated carbocycles. The van der Waals surface area contributed by atoms with E-state index in [4.69, 9.17) is 0 Å². The van der Waals surface area contributed by atoms with Crippen LogP contribution in [0.5, 0.6) is 0 Å². The van der Waals surface area contributed by atoms with Gasteiger partial charge in [0.05, 0.1) is 12.2 Å². The summed E-state index contributed by atoms with van der Waals surface area (Å²) in [6, 6.07) is 12.6. The molecule has 0 saturated heterocycles. The van der Waals surface area contributed by atoms with Crippen LogP contribution in [0.15, 0.2) is 67.3 Å². The quantitative estimate of drug-likeness (QED) is 0.734. The molecule has 0 radical (unpaired) electrons. The van der Waals surface area contributed by atoms with Crippen molar-refractivity contribution in [2.75, 3.05) is 13.6 Å². The highest BCUT2D eigenvalue weighted by Gasteiger charge is 2.13. The Kier molecular flexibility index (Phi) is 5.38. The van der Waals surface area contributed by atoms with Gasteiger partial charge in [0.1, 0.15) is 0 Å². The molecule has 2 amide bonds. The van der Waals surface area contributed by atoms with E-state index in [1.807, 2.05) is 24.3 Å². The highest BCUT2D eigenvalue weighted by atomic mass is 16.2. The van der Waals surface area contributed by atoms with Crippen LogP contribution in [0.3, 0.4) is 0 Å². The number of carbonyl (C=O) groups is 2. The van der Waals surface area contributed by atoms with E-state index in [1.165, 1.54) is 0 Å². The lowest BCUT2D eigenvalue weighted by Crippen LogP contribution is -2.37. The number of nitrogens with zero attached hydrogens (tertiary/aromatic N) is 4. The first-order valence-electron chi connectivity index (χ1n) is 8.14. The molecule has 1 aromatic carbocycles. The fraction of sp³-hybridized carbons (Fsp3) is 0.158. The SMILES string of the molecule is CN(Cc1cccnc1)C(=O)CNC(=O)c1cccc(-n2cccn2)c1. The van der Waals surface area contributed by atoms with Crippen LogP contribution in [0.25, 0.3) is 5.69 Å². The highest BCUT2D eigenvalue weighted by Crippen LogP contribution is 2.09. The van der Waals surface area contributed by atoms with Gasteiger partial charge in [-0.1, -0.05) is 12.1 Å². The minimum Gasteiger partial charge on any atom is -0.343 e. The number of hydrogen-bond donors (Lipinski definition) is 1. The summed E-state index contributed by atoms with van der Waals surface area (Å²) in [5.74, 6) is -0.479. The summed E-state index contributed by atoms with van der Waals surface area (Å²) in [7, 11) is 1.69. The molecule has 3 aromatic rings. The zero-order valence-corrected chi connectivity index (χ0v) is 14.4. The average Bonchev–Trinajstić information content (AvgIpc) is 3.21. The lowest BCUT2D eigenvalue weighted by molar-refractivity contribution is -0.129. The normalized spacial score (nSPS) is 10.3. The first kappa shape index (κ1) is 17.3. The number of likely N-dealkylation sites (N-methyl/N-ethyl adjacent to an activating group) is 1. The number of aromatic nitrogens is 3. The van der Waals surface area contributed by atoms with Gasteiger partial charge in [0.15, 0.2) is 0 Å². The molecule has 0 aliphatic rings. The Balaban J connectivity index is 1.57. The van der Waals surface area contributed by atoms with Crippen LogP contribution in [0, 0.1) is 0 Å². The highest BCUT2D eigenvalue weighted by molar-refractivity contribution is 5.96. The van der Waals surface area contributed by atoms with E-state index < -0.39 is 0 Å². The Morgan fingerprint density at radius 1 is 1.15 bits per heavy atom. The lowest BCUT2D eigenvalue weighted by Gasteiger charge is -2.17. The van der Waals surface area contributed by atoms with Gasteiger partial charge in [-0.3, -0.25) is 14.6 Å². The lowest BCUT2D eigenvalue weighted by atomic mass is 10.2. The Labute approximate surface area is 151 Å². The van der Waals surface area contributed by atoms with Gasteiger partial charge in [-0.15, -0.1) is 0 Å². The summed E-state index contributed by atoms with van der Waals surface area (Å²) in [6.45, 7) is 0.374. The Hall–Kier alpha value is -3.48. The molecule has 0 unspecified atom stereocenters. The number of amides is 2. The summed E-state index contributed by atoms with van der Waals surface area (Å²) in [5, 5.41) is 6.81. The summed E-state index contributed by atoms with van der Waals surface area (Å²) >= 11 is 0. The number of benzene rings is 1. The molecule has 7 heteroatoms. The van der Waals surface area contributed by atoms with E-state index in [0.717, 1.165) is 11.3 Å². The molecule has 0 aliphatic heterocycles. The van der Waals surface area contributed by atoms with Crippen LogP contribution >= 0.6 is 0 Å². The van der Waals surface area contributed by atoms with Crippen LogP contribution in [0.2, 0.25) is 0 Å². The van der Waals surface area contributed by atoms with E-state index in [-0.39, 0.29) is 18.4 Å². The summed E-state index contributed by atoms with van der Waals surface area (Å²) < 4.78 is 1.67. The van der Waals surface area contributed by atoms with E-state index >= 15 is 0 Å². The molecule has 0 bridgehead atoms. The summed E-state index contributed by atoms with van der Waals surface area (Å²) in [6.07, 6.45) is 6.86. The van der Waals surface area contributed by atoms with Crippen LogP contribution in [0.1, 0.15) is 15.9 Å². The molecule has 3 rings (SSSR count). The van der Waals surface area contributed by atoms with Gasteiger partial charge in [-0.25, -0.2) is 4.68 Å². The topological polar surface area (TPSA) is 80.1 Å². The molecule has 1 N–H and O–H groups in total. The maximum absolute atomic E-state index is 12.3. The fourth-order valence-electron chi connectivity index (χ4n) is 2.46. The fourth-order valence-corrected chi connectivity index (χ4v) is 2.46. The van der Waals surface area contributed by atoms with E-state index in [2.05, 4.69) is 15.4 Å². The van der Waals surface area contributed by atoms with Gasteiger partial charge in [-0.05, 0) is 35.9 Å². The molecule has 2 heterocycles. The van der Waals surface area contributed by atoms with Crippen molar-refractivity contribution >= 4 is 11.8 Å². The van der Waals surface area contributed by atoms with Crippen molar-refractivity contribution < 1.29 is 9.59 Å². The minimum absolute atomic E-state index is 0.0679. The monoisotopic (exact) mass is 349 g/mol. The Morgan fingerprint density at radius 3 is 2.77 bits per heavy atom. The van der Waals surface area contributed by atoms with Crippen LogP contribution in [0.4, 0.5) is 0 Å². The maximum Gasteiger partial charge on any atom is 0.251 e. The van der Waals surface area contributed by atoms with Gasteiger partial charge in [0.2, 0.25) is 5.91 Å². The molecule has 7 nitrogen and oxygen atoms in total. The van der Waals surface area contributed by atoms with Gasteiger partial charge in [0, 0.05) is 43.9 Å². The predicted octanol–water partition coefficient (Wildman–Crippen LogP) is 1.66. The molecule has 132 valence electrons. The number of hydrogen-bond acceptors (Lipinski definition) is 4. The van der Waals surface area contributed by atoms with Crippen LogP contribution < -0.4 is 5.32 Å². The Bertz CT molecular complexity index is 878. The van der Waals surface area contributed by atoms with Crippen molar-refractivity contribution in [2.24, 2.45) is 0 Å². The molecule has 0 atom stereocenters. The van der Waals surface area contributed by atoms with E-state index in [1.54, 1.807) is 59.6 Å². The van der Waals surface area contributed by atoms with Gasteiger partial charge >= 0.3 is 0 Å².